The quantitative estimate of drug-likeness (QED) is 0.921. The zero-order valence-corrected chi connectivity index (χ0v) is 14.1. The third-order valence-corrected chi connectivity index (χ3v) is 5.22. The normalized spacial score (nSPS) is 17.9. The molecule has 1 saturated heterocycles. The van der Waals surface area contributed by atoms with Crippen molar-refractivity contribution in [2.45, 2.75) is 13.0 Å². The lowest BCUT2D eigenvalue weighted by molar-refractivity contribution is 0.198. The van der Waals surface area contributed by atoms with Crippen LogP contribution < -0.4 is 5.32 Å². The van der Waals surface area contributed by atoms with E-state index in [9.17, 15) is 0 Å². The summed E-state index contributed by atoms with van der Waals surface area (Å²) < 4.78 is 0. The van der Waals surface area contributed by atoms with Crippen molar-refractivity contribution >= 4 is 34.5 Å². The molecule has 2 aromatic rings. The SMILES string of the molecule is Cc1csc(C(c2ccc(Cl)cc2Cl)N2CCNCC2)n1. The van der Waals surface area contributed by atoms with Gasteiger partial charge in [0.15, 0.2) is 0 Å². The summed E-state index contributed by atoms with van der Waals surface area (Å²) in [6.45, 7) is 5.99. The molecule has 112 valence electrons. The number of thiazole rings is 1. The van der Waals surface area contributed by atoms with Crippen LogP contribution in [0, 0.1) is 6.92 Å². The first kappa shape index (κ1) is 15.3. The molecule has 0 saturated carbocycles. The first-order chi connectivity index (χ1) is 10.1. The third-order valence-electron chi connectivity index (χ3n) is 3.64. The number of nitrogens with zero attached hydrogens (tertiary/aromatic N) is 2. The Morgan fingerprint density at radius 3 is 2.67 bits per heavy atom. The Balaban J connectivity index is 2.02. The number of hydrogen-bond acceptors (Lipinski definition) is 4. The number of piperazine rings is 1. The maximum atomic E-state index is 6.45. The standard InChI is InChI=1S/C15H17Cl2N3S/c1-10-9-21-15(19-10)14(20-6-4-18-5-7-20)12-3-2-11(16)8-13(12)17/h2-3,8-9,14,18H,4-7H2,1H3. The summed E-state index contributed by atoms with van der Waals surface area (Å²) in [7, 11) is 0. The molecule has 1 fully saturated rings. The number of aryl methyl sites for hydroxylation is 1. The van der Waals surface area contributed by atoms with E-state index < -0.39 is 0 Å². The molecule has 1 aromatic carbocycles. The second-order valence-corrected chi connectivity index (χ2v) is 6.91. The van der Waals surface area contributed by atoms with Gasteiger partial charge < -0.3 is 5.32 Å². The average molecular weight is 342 g/mol. The van der Waals surface area contributed by atoms with Crippen LogP contribution in [0.2, 0.25) is 10.0 Å². The van der Waals surface area contributed by atoms with Crippen LogP contribution in [0.1, 0.15) is 22.3 Å². The summed E-state index contributed by atoms with van der Waals surface area (Å²) in [4.78, 5) is 7.13. The van der Waals surface area contributed by atoms with Crippen LogP contribution in [-0.2, 0) is 0 Å². The molecule has 1 aliphatic rings. The maximum absolute atomic E-state index is 6.45. The van der Waals surface area contributed by atoms with Crippen molar-refractivity contribution in [3.05, 3.63) is 49.9 Å². The molecule has 21 heavy (non-hydrogen) atoms. The Morgan fingerprint density at radius 2 is 2.05 bits per heavy atom. The summed E-state index contributed by atoms with van der Waals surface area (Å²) in [5.74, 6) is 0. The van der Waals surface area contributed by atoms with E-state index in [4.69, 9.17) is 28.2 Å². The highest BCUT2D eigenvalue weighted by Gasteiger charge is 2.28. The topological polar surface area (TPSA) is 28.2 Å². The van der Waals surface area contributed by atoms with Crippen molar-refractivity contribution in [3.8, 4) is 0 Å². The number of benzene rings is 1. The molecule has 6 heteroatoms. The molecule has 3 rings (SSSR count). The lowest BCUT2D eigenvalue weighted by atomic mass is 10.0. The first-order valence-electron chi connectivity index (χ1n) is 6.97. The highest BCUT2D eigenvalue weighted by atomic mass is 35.5. The minimum atomic E-state index is 0.107. The highest BCUT2D eigenvalue weighted by molar-refractivity contribution is 7.09. The first-order valence-corrected chi connectivity index (χ1v) is 8.60. The number of nitrogens with one attached hydrogen (secondary N) is 1. The largest absolute Gasteiger partial charge is 0.314 e. The van der Waals surface area contributed by atoms with E-state index in [1.54, 1.807) is 11.3 Å². The van der Waals surface area contributed by atoms with Gasteiger partial charge in [0.1, 0.15) is 5.01 Å². The lowest BCUT2D eigenvalue weighted by Crippen LogP contribution is -2.45. The van der Waals surface area contributed by atoms with E-state index in [-0.39, 0.29) is 6.04 Å². The van der Waals surface area contributed by atoms with Crippen molar-refractivity contribution in [1.82, 2.24) is 15.2 Å². The highest BCUT2D eigenvalue weighted by Crippen LogP contribution is 2.36. The molecule has 2 heterocycles. The van der Waals surface area contributed by atoms with Gasteiger partial charge in [0, 0.05) is 47.3 Å². The van der Waals surface area contributed by atoms with Crippen LogP contribution in [0.4, 0.5) is 0 Å². The third kappa shape index (κ3) is 3.41. The summed E-state index contributed by atoms with van der Waals surface area (Å²) >= 11 is 14.2. The molecule has 0 amide bonds. The smallest absolute Gasteiger partial charge is 0.115 e. The molecule has 0 aliphatic carbocycles. The second kappa shape index (κ2) is 6.63. The molecule has 0 spiro atoms. The van der Waals surface area contributed by atoms with Crippen molar-refractivity contribution in [2.24, 2.45) is 0 Å². The molecule has 1 aromatic heterocycles. The molecule has 1 N–H and O–H groups in total. The van der Waals surface area contributed by atoms with Gasteiger partial charge in [-0.1, -0.05) is 29.3 Å². The van der Waals surface area contributed by atoms with Crippen molar-refractivity contribution in [1.29, 1.82) is 0 Å². The van der Waals surface area contributed by atoms with Gasteiger partial charge in [-0.05, 0) is 24.6 Å². The average Bonchev–Trinajstić information content (AvgIpc) is 2.89. The van der Waals surface area contributed by atoms with Crippen molar-refractivity contribution in [2.75, 3.05) is 26.2 Å². The maximum Gasteiger partial charge on any atom is 0.115 e. The zero-order valence-electron chi connectivity index (χ0n) is 11.8. The fourth-order valence-electron chi connectivity index (χ4n) is 2.65. The van der Waals surface area contributed by atoms with Gasteiger partial charge in [-0.15, -0.1) is 11.3 Å². The van der Waals surface area contributed by atoms with Gasteiger partial charge in [0.2, 0.25) is 0 Å². The van der Waals surface area contributed by atoms with E-state index in [0.717, 1.165) is 42.4 Å². The molecule has 0 radical (unpaired) electrons. The summed E-state index contributed by atoms with van der Waals surface area (Å²) in [5.41, 5.74) is 2.14. The molecular formula is C15H17Cl2N3S. The Kier molecular flexibility index (Phi) is 4.82. The molecule has 0 bridgehead atoms. The van der Waals surface area contributed by atoms with Crippen molar-refractivity contribution in [3.63, 3.8) is 0 Å². The van der Waals surface area contributed by atoms with E-state index in [1.165, 1.54) is 0 Å². The number of halogens is 2. The molecule has 3 nitrogen and oxygen atoms in total. The Morgan fingerprint density at radius 1 is 1.29 bits per heavy atom. The van der Waals surface area contributed by atoms with Gasteiger partial charge in [-0.25, -0.2) is 4.98 Å². The van der Waals surface area contributed by atoms with E-state index in [2.05, 4.69) is 15.6 Å². The van der Waals surface area contributed by atoms with E-state index in [0.29, 0.717) is 10.0 Å². The predicted molar refractivity (Wildman–Crippen MR) is 89.6 cm³/mol. The van der Waals surface area contributed by atoms with Crippen molar-refractivity contribution < 1.29 is 0 Å². The summed E-state index contributed by atoms with van der Waals surface area (Å²) in [6, 6.07) is 5.84. The van der Waals surface area contributed by atoms with Gasteiger partial charge >= 0.3 is 0 Å². The molecule has 1 unspecified atom stereocenters. The van der Waals surface area contributed by atoms with Crippen LogP contribution in [-0.4, -0.2) is 36.1 Å². The second-order valence-electron chi connectivity index (χ2n) is 5.18. The molecular weight excluding hydrogens is 325 g/mol. The van der Waals surface area contributed by atoms with E-state index >= 15 is 0 Å². The lowest BCUT2D eigenvalue weighted by Gasteiger charge is -2.34. The Bertz CT molecular complexity index is 623. The monoisotopic (exact) mass is 341 g/mol. The van der Waals surface area contributed by atoms with Crippen LogP contribution in [0.3, 0.4) is 0 Å². The van der Waals surface area contributed by atoms with Crippen LogP contribution in [0.25, 0.3) is 0 Å². The number of rotatable bonds is 3. The Labute approximate surface area is 138 Å². The van der Waals surface area contributed by atoms with Gasteiger partial charge in [0.25, 0.3) is 0 Å². The van der Waals surface area contributed by atoms with Crippen LogP contribution in [0.15, 0.2) is 23.6 Å². The Hall–Kier alpha value is -0.650. The molecule has 1 atom stereocenters. The van der Waals surface area contributed by atoms with Gasteiger partial charge in [-0.3, -0.25) is 4.90 Å². The zero-order chi connectivity index (χ0) is 14.8. The van der Waals surface area contributed by atoms with E-state index in [1.807, 2.05) is 25.1 Å². The van der Waals surface area contributed by atoms with Crippen LogP contribution in [0.5, 0.6) is 0 Å². The number of aromatic nitrogens is 1. The fraction of sp³-hybridized carbons (Fsp3) is 0.400. The van der Waals surface area contributed by atoms with Crippen LogP contribution >= 0.6 is 34.5 Å². The number of hydrogen-bond donors (Lipinski definition) is 1. The summed E-state index contributed by atoms with van der Waals surface area (Å²) in [5, 5.41) is 7.95. The summed E-state index contributed by atoms with van der Waals surface area (Å²) in [6.07, 6.45) is 0. The van der Waals surface area contributed by atoms with Gasteiger partial charge in [0.05, 0.1) is 6.04 Å². The fourth-order valence-corrected chi connectivity index (χ4v) is 4.10. The minimum Gasteiger partial charge on any atom is -0.314 e. The minimum absolute atomic E-state index is 0.107. The van der Waals surface area contributed by atoms with Gasteiger partial charge in [-0.2, -0.15) is 0 Å². The molecule has 1 aliphatic heterocycles. The predicted octanol–water partition coefficient (Wildman–Crippen LogP) is 3.75.